The van der Waals surface area contributed by atoms with E-state index in [0.29, 0.717) is 24.4 Å². The molecule has 2 aliphatic rings. The third kappa shape index (κ3) is 3.00. The van der Waals surface area contributed by atoms with Crippen LogP contribution in [0.2, 0.25) is 0 Å². The maximum atomic E-state index is 12.7. The minimum absolute atomic E-state index is 0.245. The quantitative estimate of drug-likeness (QED) is 0.852. The highest BCUT2D eigenvalue weighted by Crippen LogP contribution is 2.30. The molecule has 1 amide bonds. The van der Waals surface area contributed by atoms with Gasteiger partial charge in [0.25, 0.3) is 0 Å². The lowest BCUT2D eigenvalue weighted by atomic mass is 10.0. The number of carbonyl (C=O) groups is 1. The molecule has 0 unspecified atom stereocenters. The van der Waals surface area contributed by atoms with E-state index in [1.807, 2.05) is 24.5 Å². The van der Waals surface area contributed by atoms with E-state index in [1.54, 1.807) is 0 Å². The molecule has 3 rings (SSSR count). The van der Waals surface area contributed by atoms with Crippen molar-refractivity contribution in [2.24, 2.45) is 0 Å². The van der Waals surface area contributed by atoms with Gasteiger partial charge < -0.3 is 14.4 Å². The average molecular weight is 289 g/mol. The van der Waals surface area contributed by atoms with Crippen molar-refractivity contribution in [2.45, 2.75) is 57.2 Å². The summed E-state index contributed by atoms with van der Waals surface area (Å²) in [6.45, 7) is 4.26. The molecule has 0 N–H and O–H groups in total. The summed E-state index contributed by atoms with van der Waals surface area (Å²) in [5.74, 6) is 0.332. The van der Waals surface area contributed by atoms with Crippen LogP contribution >= 0.6 is 0 Å². The number of aromatic nitrogens is 1. The first-order valence-corrected chi connectivity index (χ1v) is 8.29. The number of likely N-dealkylation sites (tertiary alicyclic amines) is 2. The molecule has 4 nitrogen and oxygen atoms in total. The molecule has 116 valence electrons. The van der Waals surface area contributed by atoms with E-state index in [9.17, 15) is 4.79 Å². The highest BCUT2D eigenvalue weighted by Gasteiger charge is 2.38. The molecular weight excluding hydrogens is 262 g/mol. The van der Waals surface area contributed by atoms with E-state index in [2.05, 4.69) is 28.3 Å². The largest absolute Gasteiger partial charge is 0.351 e. The standard InChI is InChI=1S/C17H27N3O/c1-14(19-10-3-4-11-19)13-17(21)20-12-6-8-16(20)15-7-5-9-18(15)2/h3-4,10-11,14-16H,5-9,12-13H2,1-2H3/t14-,15-,16+/m1/s1. The van der Waals surface area contributed by atoms with Gasteiger partial charge >= 0.3 is 0 Å². The maximum Gasteiger partial charge on any atom is 0.224 e. The Morgan fingerprint density at radius 1 is 1.14 bits per heavy atom. The third-order valence-electron chi connectivity index (χ3n) is 5.25. The SMILES string of the molecule is C[C@H](CC(=O)N1CCC[C@H]1[C@H]1CCCN1C)n1cccc1. The van der Waals surface area contributed by atoms with Crippen LogP contribution in [0.3, 0.4) is 0 Å². The molecule has 3 heterocycles. The molecule has 0 aliphatic carbocycles. The number of carbonyl (C=O) groups excluding carboxylic acids is 1. The highest BCUT2D eigenvalue weighted by molar-refractivity contribution is 5.77. The molecule has 0 aromatic carbocycles. The Morgan fingerprint density at radius 2 is 1.81 bits per heavy atom. The summed E-state index contributed by atoms with van der Waals surface area (Å²) in [7, 11) is 2.21. The van der Waals surface area contributed by atoms with Gasteiger partial charge in [-0.1, -0.05) is 0 Å². The zero-order valence-electron chi connectivity index (χ0n) is 13.2. The minimum Gasteiger partial charge on any atom is -0.351 e. The Balaban J connectivity index is 1.63. The number of hydrogen-bond acceptors (Lipinski definition) is 2. The third-order valence-corrected chi connectivity index (χ3v) is 5.25. The van der Waals surface area contributed by atoms with Crippen molar-refractivity contribution in [2.75, 3.05) is 20.1 Å². The second-order valence-electron chi connectivity index (χ2n) is 6.67. The number of amides is 1. The van der Waals surface area contributed by atoms with Crippen LogP contribution in [0.1, 0.15) is 45.1 Å². The topological polar surface area (TPSA) is 28.5 Å². The van der Waals surface area contributed by atoms with Crippen LogP contribution < -0.4 is 0 Å². The van der Waals surface area contributed by atoms with Crippen LogP contribution in [0.5, 0.6) is 0 Å². The Hall–Kier alpha value is -1.29. The summed E-state index contributed by atoms with van der Waals surface area (Å²) >= 11 is 0. The Labute approximate surface area is 127 Å². The Morgan fingerprint density at radius 3 is 2.48 bits per heavy atom. The molecule has 0 bridgehead atoms. The van der Waals surface area contributed by atoms with E-state index in [1.165, 1.54) is 32.2 Å². The second kappa shape index (κ2) is 6.22. The number of hydrogen-bond donors (Lipinski definition) is 0. The van der Waals surface area contributed by atoms with Crippen molar-refractivity contribution in [1.82, 2.24) is 14.4 Å². The molecule has 1 aromatic rings. The van der Waals surface area contributed by atoms with Gasteiger partial charge in [-0.25, -0.2) is 0 Å². The van der Waals surface area contributed by atoms with Crippen LogP contribution in [-0.4, -0.2) is 52.5 Å². The van der Waals surface area contributed by atoms with Gasteiger partial charge in [0.1, 0.15) is 0 Å². The van der Waals surface area contributed by atoms with Gasteiger partial charge in [0.05, 0.1) is 0 Å². The molecule has 2 aliphatic heterocycles. The molecule has 1 aromatic heterocycles. The van der Waals surface area contributed by atoms with Crippen LogP contribution in [0.15, 0.2) is 24.5 Å². The Bertz CT molecular complexity index is 470. The normalized spacial score (nSPS) is 28.2. The zero-order chi connectivity index (χ0) is 14.8. The van der Waals surface area contributed by atoms with Gasteiger partial charge in [-0.05, 0) is 58.3 Å². The summed E-state index contributed by atoms with van der Waals surface area (Å²) in [5, 5.41) is 0. The lowest BCUT2D eigenvalue weighted by Gasteiger charge is -2.34. The predicted molar refractivity (Wildman–Crippen MR) is 84.1 cm³/mol. The minimum atomic E-state index is 0.245. The molecule has 2 saturated heterocycles. The summed E-state index contributed by atoms with van der Waals surface area (Å²) in [6, 6.07) is 5.32. The zero-order valence-corrected chi connectivity index (χ0v) is 13.2. The maximum absolute atomic E-state index is 12.7. The van der Waals surface area contributed by atoms with Gasteiger partial charge in [-0.15, -0.1) is 0 Å². The van der Waals surface area contributed by atoms with Crippen LogP contribution in [0, 0.1) is 0 Å². The smallest absolute Gasteiger partial charge is 0.224 e. The van der Waals surface area contributed by atoms with Gasteiger partial charge in [0, 0.05) is 43.5 Å². The molecule has 2 fully saturated rings. The lowest BCUT2D eigenvalue weighted by molar-refractivity contribution is -0.133. The van der Waals surface area contributed by atoms with Crippen LogP contribution in [0.25, 0.3) is 0 Å². The van der Waals surface area contributed by atoms with E-state index in [0.717, 1.165) is 6.54 Å². The van der Waals surface area contributed by atoms with Gasteiger partial charge in [0.2, 0.25) is 5.91 Å². The van der Waals surface area contributed by atoms with E-state index < -0.39 is 0 Å². The van der Waals surface area contributed by atoms with Gasteiger partial charge in [0.15, 0.2) is 0 Å². The fourth-order valence-corrected chi connectivity index (χ4v) is 4.04. The average Bonchev–Trinajstić information content (AvgIpc) is 3.19. The first-order chi connectivity index (χ1) is 10.2. The van der Waals surface area contributed by atoms with Crippen molar-refractivity contribution in [3.8, 4) is 0 Å². The van der Waals surface area contributed by atoms with E-state index >= 15 is 0 Å². The number of nitrogens with zero attached hydrogens (tertiary/aromatic N) is 3. The van der Waals surface area contributed by atoms with Crippen LogP contribution in [-0.2, 0) is 4.79 Å². The van der Waals surface area contributed by atoms with E-state index in [-0.39, 0.29) is 6.04 Å². The summed E-state index contributed by atoms with van der Waals surface area (Å²) < 4.78 is 2.13. The van der Waals surface area contributed by atoms with E-state index in [4.69, 9.17) is 0 Å². The van der Waals surface area contributed by atoms with Crippen LogP contribution in [0.4, 0.5) is 0 Å². The van der Waals surface area contributed by atoms with Gasteiger partial charge in [-0.2, -0.15) is 0 Å². The highest BCUT2D eigenvalue weighted by atomic mass is 16.2. The lowest BCUT2D eigenvalue weighted by Crippen LogP contribution is -2.47. The van der Waals surface area contributed by atoms with Gasteiger partial charge in [-0.3, -0.25) is 4.79 Å². The van der Waals surface area contributed by atoms with Crippen molar-refractivity contribution in [3.63, 3.8) is 0 Å². The molecule has 0 saturated carbocycles. The molecule has 21 heavy (non-hydrogen) atoms. The number of rotatable bonds is 4. The summed E-state index contributed by atoms with van der Waals surface area (Å²) in [6.07, 6.45) is 9.57. The Kier molecular flexibility index (Phi) is 4.34. The molecule has 0 radical (unpaired) electrons. The van der Waals surface area contributed by atoms with Crippen molar-refractivity contribution in [3.05, 3.63) is 24.5 Å². The molecule has 0 spiro atoms. The fraction of sp³-hybridized carbons (Fsp3) is 0.706. The monoisotopic (exact) mass is 289 g/mol. The van der Waals surface area contributed by atoms with Crippen molar-refractivity contribution in [1.29, 1.82) is 0 Å². The number of likely N-dealkylation sites (N-methyl/N-ethyl adjacent to an activating group) is 1. The molecule has 4 heteroatoms. The van der Waals surface area contributed by atoms with Crippen molar-refractivity contribution < 1.29 is 4.79 Å². The fourth-order valence-electron chi connectivity index (χ4n) is 4.04. The summed E-state index contributed by atoms with van der Waals surface area (Å²) in [4.78, 5) is 17.3. The molecule has 3 atom stereocenters. The molecular formula is C17H27N3O. The van der Waals surface area contributed by atoms with Crippen molar-refractivity contribution >= 4 is 5.91 Å². The predicted octanol–water partition coefficient (Wildman–Crippen LogP) is 2.52. The second-order valence-corrected chi connectivity index (χ2v) is 6.67. The first kappa shape index (κ1) is 14.6. The first-order valence-electron chi connectivity index (χ1n) is 8.29. The summed E-state index contributed by atoms with van der Waals surface area (Å²) in [5.41, 5.74) is 0.